The zero-order valence-corrected chi connectivity index (χ0v) is 17.4. The second-order valence-electron chi connectivity index (χ2n) is 7.04. The van der Waals surface area contributed by atoms with Crippen LogP contribution >= 0.6 is 11.6 Å². The maximum atomic E-state index is 12.4. The number of carbonyl (C=O) groups excluding carboxylic acids is 3. The fourth-order valence-electron chi connectivity index (χ4n) is 3.21. The van der Waals surface area contributed by atoms with Gasteiger partial charge in [-0.3, -0.25) is 9.59 Å². The summed E-state index contributed by atoms with van der Waals surface area (Å²) < 4.78 is 5.14. The second-order valence-corrected chi connectivity index (χ2v) is 7.45. The van der Waals surface area contributed by atoms with Gasteiger partial charge in [0.15, 0.2) is 6.61 Å². The summed E-state index contributed by atoms with van der Waals surface area (Å²) in [4.78, 5) is 38.5. The Hall–Kier alpha value is -3.57. The van der Waals surface area contributed by atoms with E-state index in [2.05, 4.69) is 10.6 Å². The number of carbonyl (C=O) groups is 3. The van der Waals surface area contributed by atoms with Crippen molar-refractivity contribution in [3.63, 3.8) is 0 Å². The molecule has 1 aliphatic heterocycles. The molecule has 1 atom stereocenters. The number of para-hydroxylation sites is 1. The third kappa shape index (κ3) is 6.20. The molecular weight excluding hydrogens is 420 g/mol. The van der Waals surface area contributed by atoms with E-state index < -0.39 is 24.4 Å². The number of hydrogen-bond donors (Lipinski definition) is 2. The normalized spacial score (nSPS) is 15.5. The maximum Gasteiger partial charge on any atom is 0.321 e. The predicted octanol–water partition coefficient (Wildman–Crippen LogP) is 3.64. The highest BCUT2D eigenvalue weighted by molar-refractivity contribution is 6.32. The van der Waals surface area contributed by atoms with Crippen molar-refractivity contribution in [3.8, 4) is 6.07 Å². The molecule has 0 bridgehead atoms. The Morgan fingerprint density at radius 2 is 1.90 bits per heavy atom. The van der Waals surface area contributed by atoms with Crippen molar-refractivity contribution in [1.29, 1.82) is 5.26 Å². The highest BCUT2D eigenvalue weighted by Gasteiger charge is 2.30. The third-order valence-corrected chi connectivity index (χ3v) is 5.10. The number of likely N-dealkylation sites (tertiary alicyclic amines) is 1. The number of hydrogen-bond acceptors (Lipinski definition) is 5. The lowest BCUT2D eigenvalue weighted by molar-refractivity contribution is -0.152. The second kappa shape index (κ2) is 10.5. The van der Waals surface area contributed by atoms with Gasteiger partial charge >= 0.3 is 12.0 Å². The average molecular weight is 441 g/mol. The lowest BCUT2D eigenvalue weighted by Crippen LogP contribution is -2.45. The van der Waals surface area contributed by atoms with Gasteiger partial charge in [0.2, 0.25) is 0 Å². The molecule has 0 aliphatic carbocycles. The molecule has 1 fully saturated rings. The van der Waals surface area contributed by atoms with E-state index in [1.54, 1.807) is 17.0 Å². The lowest BCUT2D eigenvalue weighted by atomic mass is 9.98. The van der Waals surface area contributed by atoms with Crippen molar-refractivity contribution < 1.29 is 19.1 Å². The lowest BCUT2D eigenvalue weighted by Gasteiger charge is -2.31. The number of nitrogens with zero attached hydrogens (tertiary/aromatic N) is 2. The Morgan fingerprint density at radius 3 is 2.61 bits per heavy atom. The van der Waals surface area contributed by atoms with Crippen molar-refractivity contribution in [1.82, 2.24) is 4.90 Å². The van der Waals surface area contributed by atoms with Gasteiger partial charge in [0.25, 0.3) is 5.91 Å². The van der Waals surface area contributed by atoms with E-state index in [1.807, 2.05) is 24.3 Å². The van der Waals surface area contributed by atoms with E-state index in [1.165, 1.54) is 18.2 Å². The Labute approximate surface area is 184 Å². The number of nitriles is 1. The molecule has 3 rings (SSSR count). The standard InChI is InChI=1S/C22H21ClN4O4/c23-19-11-18(9-8-15(19)12-24)25-20(28)14-31-21(29)16-5-4-10-27(13-16)22(30)26-17-6-2-1-3-7-17/h1-3,6-9,11,16H,4-5,10,13-14H2,(H,25,28)(H,26,30). The average Bonchev–Trinajstić information content (AvgIpc) is 2.78. The van der Waals surface area contributed by atoms with Crippen LogP contribution in [-0.4, -0.2) is 42.5 Å². The molecule has 0 radical (unpaired) electrons. The minimum absolute atomic E-state index is 0.216. The molecule has 160 valence electrons. The molecule has 0 spiro atoms. The van der Waals surface area contributed by atoms with E-state index in [0.29, 0.717) is 36.3 Å². The molecule has 31 heavy (non-hydrogen) atoms. The monoisotopic (exact) mass is 440 g/mol. The zero-order valence-electron chi connectivity index (χ0n) is 16.6. The van der Waals surface area contributed by atoms with E-state index in [-0.39, 0.29) is 17.6 Å². The highest BCUT2D eigenvalue weighted by Crippen LogP contribution is 2.21. The van der Waals surface area contributed by atoms with Gasteiger partial charge < -0.3 is 20.3 Å². The molecule has 1 aliphatic rings. The zero-order chi connectivity index (χ0) is 22.2. The number of ether oxygens (including phenoxy) is 1. The van der Waals surface area contributed by atoms with Crippen LogP contribution in [0.25, 0.3) is 0 Å². The molecule has 2 aromatic carbocycles. The van der Waals surface area contributed by atoms with Crippen LogP contribution in [0.15, 0.2) is 48.5 Å². The molecular formula is C22H21ClN4O4. The van der Waals surface area contributed by atoms with Crippen LogP contribution in [0, 0.1) is 17.2 Å². The van der Waals surface area contributed by atoms with Crippen LogP contribution in [0.5, 0.6) is 0 Å². The van der Waals surface area contributed by atoms with Crippen LogP contribution in [0.1, 0.15) is 18.4 Å². The molecule has 9 heteroatoms. The van der Waals surface area contributed by atoms with Gasteiger partial charge in [0, 0.05) is 24.5 Å². The molecule has 3 amide bonds. The molecule has 2 N–H and O–H groups in total. The minimum atomic E-state index is -0.524. The van der Waals surface area contributed by atoms with Crippen LogP contribution in [0.3, 0.4) is 0 Å². The summed E-state index contributed by atoms with van der Waals surface area (Å²) in [6.45, 7) is 0.315. The van der Waals surface area contributed by atoms with E-state index >= 15 is 0 Å². The van der Waals surface area contributed by atoms with Crippen molar-refractivity contribution in [3.05, 3.63) is 59.1 Å². The number of amides is 3. The van der Waals surface area contributed by atoms with E-state index in [9.17, 15) is 14.4 Å². The highest BCUT2D eigenvalue weighted by atomic mass is 35.5. The first-order chi connectivity index (χ1) is 15.0. The molecule has 1 unspecified atom stereocenters. The number of esters is 1. The summed E-state index contributed by atoms with van der Waals surface area (Å²) in [7, 11) is 0. The van der Waals surface area contributed by atoms with Crippen molar-refractivity contribution in [2.24, 2.45) is 5.92 Å². The first-order valence-electron chi connectivity index (χ1n) is 9.73. The molecule has 1 saturated heterocycles. The van der Waals surface area contributed by atoms with Crippen molar-refractivity contribution in [2.45, 2.75) is 12.8 Å². The molecule has 1 heterocycles. The van der Waals surface area contributed by atoms with E-state index in [4.69, 9.17) is 21.6 Å². The number of halogens is 1. The summed E-state index contributed by atoms with van der Waals surface area (Å²) in [5.41, 5.74) is 1.37. The smallest absolute Gasteiger partial charge is 0.321 e. The summed E-state index contributed by atoms with van der Waals surface area (Å²) in [5, 5.41) is 14.5. The predicted molar refractivity (Wildman–Crippen MR) is 116 cm³/mol. The first-order valence-corrected chi connectivity index (χ1v) is 10.1. The Balaban J connectivity index is 1.47. The topological polar surface area (TPSA) is 112 Å². The van der Waals surface area contributed by atoms with E-state index in [0.717, 1.165) is 0 Å². The van der Waals surface area contributed by atoms with Gasteiger partial charge in [-0.2, -0.15) is 5.26 Å². The van der Waals surface area contributed by atoms with Gasteiger partial charge in [0.1, 0.15) is 6.07 Å². The van der Waals surface area contributed by atoms with Gasteiger partial charge in [-0.1, -0.05) is 29.8 Å². The largest absolute Gasteiger partial charge is 0.455 e. The van der Waals surface area contributed by atoms with Crippen LogP contribution in [0.4, 0.5) is 16.2 Å². The Bertz CT molecular complexity index is 1010. The fourth-order valence-corrected chi connectivity index (χ4v) is 3.44. The SMILES string of the molecule is N#Cc1ccc(NC(=O)COC(=O)C2CCCN(C(=O)Nc3ccccc3)C2)cc1Cl. The van der Waals surface area contributed by atoms with Crippen LogP contribution in [-0.2, 0) is 14.3 Å². The summed E-state index contributed by atoms with van der Waals surface area (Å²) >= 11 is 5.94. The van der Waals surface area contributed by atoms with Gasteiger partial charge in [0.05, 0.1) is 16.5 Å². The number of benzene rings is 2. The number of anilines is 2. The number of nitrogens with one attached hydrogen (secondary N) is 2. The molecule has 0 saturated carbocycles. The third-order valence-electron chi connectivity index (χ3n) is 4.79. The Kier molecular flexibility index (Phi) is 7.46. The Morgan fingerprint density at radius 1 is 1.13 bits per heavy atom. The van der Waals surface area contributed by atoms with Crippen molar-refractivity contribution >= 4 is 40.9 Å². The summed E-state index contributed by atoms with van der Waals surface area (Å²) in [6, 6.07) is 15.2. The first kappa shape index (κ1) is 22.1. The molecule has 8 nitrogen and oxygen atoms in total. The van der Waals surface area contributed by atoms with Gasteiger partial charge in [-0.15, -0.1) is 0 Å². The quantitative estimate of drug-likeness (QED) is 0.689. The number of piperidine rings is 1. The maximum absolute atomic E-state index is 12.4. The van der Waals surface area contributed by atoms with Crippen LogP contribution < -0.4 is 10.6 Å². The summed E-state index contributed by atoms with van der Waals surface area (Å²) in [6.07, 6.45) is 1.25. The van der Waals surface area contributed by atoms with Gasteiger partial charge in [-0.25, -0.2) is 4.79 Å². The molecule has 0 aromatic heterocycles. The van der Waals surface area contributed by atoms with Crippen molar-refractivity contribution in [2.75, 3.05) is 30.3 Å². The van der Waals surface area contributed by atoms with Gasteiger partial charge in [-0.05, 0) is 43.2 Å². The van der Waals surface area contributed by atoms with Crippen LogP contribution in [0.2, 0.25) is 5.02 Å². The number of urea groups is 1. The molecule has 2 aromatic rings. The number of rotatable bonds is 5. The minimum Gasteiger partial charge on any atom is -0.455 e. The fraction of sp³-hybridized carbons (Fsp3) is 0.273. The summed E-state index contributed by atoms with van der Waals surface area (Å²) in [5.74, 6) is -1.54.